The molecule has 0 unspecified atom stereocenters. The van der Waals surface area contributed by atoms with Gasteiger partial charge in [0.1, 0.15) is 5.82 Å². The van der Waals surface area contributed by atoms with Crippen molar-refractivity contribution in [1.29, 1.82) is 0 Å². The van der Waals surface area contributed by atoms with Crippen LogP contribution in [0.1, 0.15) is 11.4 Å². The Kier molecular flexibility index (Phi) is 4.15. The van der Waals surface area contributed by atoms with Gasteiger partial charge in [-0.2, -0.15) is 4.68 Å². The monoisotopic (exact) mass is 328 g/mol. The molecule has 0 atom stereocenters. The van der Waals surface area contributed by atoms with E-state index in [1.165, 1.54) is 14.2 Å². The van der Waals surface area contributed by atoms with Gasteiger partial charge in [-0.25, -0.2) is 14.8 Å². The molecule has 0 aliphatic heterocycles. The van der Waals surface area contributed by atoms with Gasteiger partial charge in [-0.1, -0.05) is 0 Å². The topological polar surface area (TPSA) is 121 Å². The summed E-state index contributed by atoms with van der Waals surface area (Å²) < 4.78 is 11.5. The molecule has 3 heterocycles. The first kappa shape index (κ1) is 15.5. The number of nitrogens with two attached hydrogens (primary N) is 1. The minimum absolute atomic E-state index is 0.287. The minimum atomic E-state index is -0.413. The van der Waals surface area contributed by atoms with Crippen LogP contribution in [0.3, 0.4) is 0 Å². The normalized spacial score (nSPS) is 10.6. The van der Waals surface area contributed by atoms with E-state index in [4.69, 9.17) is 15.2 Å². The van der Waals surface area contributed by atoms with E-state index in [2.05, 4.69) is 20.1 Å². The molecule has 0 spiro atoms. The number of nitrogen functional groups attached to an aromatic ring is 1. The van der Waals surface area contributed by atoms with Crippen LogP contribution in [-0.4, -0.2) is 39.0 Å². The van der Waals surface area contributed by atoms with Crippen molar-refractivity contribution in [1.82, 2.24) is 24.7 Å². The van der Waals surface area contributed by atoms with Crippen molar-refractivity contribution in [2.75, 3.05) is 20.0 Å². The van der Waals surface area contributed by atoms with E-state index in [0.717, 1.165) is 10.2 Å². The van der Waals surface area contributed by atoms with Gasteiger partial charge in [0, 0.05) is 18.8 Å². The second-order valence-corrected chi connectivity index (χ2v) is 4.94. The van der Waals surface area contributed by atoms with Gasteiger partial charge in [-0.05, 0) is 23.8 Å². The summed E-state index contributed by atoms with van der Waals surface area (Å²) in [5.74, 6) is 1.64. The molecule has 3 aromatic heterocycles. The van der Waals surface area contributed by atoms with E-state index in [1.54, 1.807) is 30.6 Å². The smallest absolute Gasteiger partial charge is 0.349 e. The van der Waals surface area contributed by atoms with Gasteiger partial charge in [0.15, 0.2) is 11.6 Å². The van der Waals surface area contributed by atoms with Gasteiger partial charge in [-0.15, -0.1) is 5.10 Å². The maximum atomic E-state index is 12.1. The van der Waals surface area contributed by atoms with E-state index in [9.17, 15) is 4.79 Å². The number of methoxy groups -OCH3 is 2. The molecular weight excluding hydrogens is 312 g/mol. The van der Waals surface area contributed by atoms with Crippen LogP contribution in [0, 0.1) is 0 Å². The van der Waals surface area contributed by atoms with Gasteiger partial charge in [0.2, 0.25) is 0 Å². The van der Waals surface area contributed by atoms with Gasteiger partial charge in [0.05, 0.1) is 19.9 Å². The zero-order valence-corrected chi connectivity index (χ0v) is 13.2. The molecule has 0 aliphatic rings. The molecule has 0 saturated heterocycles. The zero-order valence-electron chi connectivity index (χ0n) is 13.2. The molecule has 0 amide bonds. The highest BCUT2D eigenvalue weighted by Crippen LogP contribution is 2.25. The van der Waals surface area contributed by atoms with E-state index in [0.29, 0.717) is 29.6 Å². The number of hydrogen-bond donors (Lipinski definition) is 2. The Morgan fingerprint density at radius 3 is 2.83 bits per heavy atom. The Morgan fingerprint density at radius 2 is 2.12 bits per heavy atom. The van der Waals surface area contributed by atoms with Crippen LogP contribution >= 0.6 is 0 Å². The van der Waals surface area contributed by atoms with Crippen LogP contribution in [0.25, 0.3) is 5.82 Å². The molecule has 0 fully saturated rings. The number of pyridine rings is 2. The minimum Gasteiger partial charge on any atom is -0.491 e. The molecule has 0 saturated carbocycles. The van der Waals surface area contributed by atoms with Crippen molar-refractivity contribution in [3.05, 3.63) is 52.5 Å². The number of anilines is 1. The molecule has 0 aliphatic carbocycles. The lowest BCUT2D eigenvalue weighted by Gasteiger charge is -2.07. The maximum absolute atomic E-state index is 12.1. The summed E-state index contributed by atoms with van der Waals surface area (Å²) in [6.07, 6.45) is 3.54. The molecule has 0 radical (unpaired) electrons. The second kappa shape index (κ2) is 6.41. The van der Waals surface area contributed by atoms with Crippen LogP contribution in [-0.2, 0) is 6.42 Å². The van der Waals surface area contributed by atoms with E-state index in [1.807, 2.05) is 0 Å². The van der Waals surface area contributed by atoms with Crippen molar-refractivity contribution in [2.45, 2.75) is 6.42 Å². The fourth-order valence-electron chi connectivity index (χ4n) is 2.24. The Balaban J connectivity index is 1.91. The molecule has 24 heavy (non-hydrogen) atoms. The van der Waals surface area contributed by atoms with Crippen molar-refractivity contribution in [3.63, 3.8) is 0 Å². The molecule has 124 valence electrons. The fourth-order valence-corrected chi connectivity index (χ4v) is 2.24. The zero-order chi connectivity index (χ0) is 17.1. The van der Waals surface area contributed by atoms with Gasteiger partial charge in [0.25, 0.3) is 5.88 Å². The van der Waals surface area contributed by atoms with E-state index >= 15 is 0 Å². The third-order valence-electron chi connectivity index (χ3n) is 3.34. The summed E-state index contributed by atoms with van der Waals surface area (Å²) in [6.45, 7) is 0. The Bertz CT molecular complexity index is 918. The molecule has 9 nitrogen and oxygen atoms in total. The lowest BCUT2D eigenvalue weighted by molar-refractivity contribution is 0.342. The summed E-state index contributed by atoms with van der Waals surface area (Å²) in [7, 11) is 3.05. The van der Waals surface area contributed by atoms with Gasteiger partial charge in [-0.3, -0.25) is 4.98 Å². The number of hydrogen-bond acceptors (Lipinski definition) is 7. The Morgan fingerprint density at radius 1 is 1.29 bits per heavy atom. The third-order valence-corrected chi connectivity index (χ3v) is 3.34. The van der Waals surface area contributed by atoms with Crippen molar-refractivity contribution >= 4 is 5.69 Å². The first-order valence-electron chi connectivity index (χ1n) is 7.08. The largest absolute Gasteiger partial charge is 0.491 e. The highest BCUT2D eigenvalue weighted by molar-refractivity contribution is 5.51. The molecule has 3 rings (SSSR count). The number of H-pyrrole nitrogens is 1. The van der Waals surface area contributed by atoms with Crippen LogP contribution in [0.5, 0.6) is 11.6 Å². The van der Waals surface area contributed by atoms with Crippen LogP contribution < -0.4 is 20.9 Å². The maximum Gasteiger partial charge on any atom is 0.349 e. The molecule has 9 heteroatoms. The van der Waals surface area contributed by atoms with E-state index < -0.39 is 5.69 Å². The highest BCUT2D eigenvalue weighted by atomic mass is 16.5. The number of ether oxygens (including phenoxy) is 2. The molecular formula is C15H16N6O3. The average Bonchev–Trinajstić information content (AvgIpc) is 2.95. The SMILES string of the molecule is COc1cc(Cc2nn(-c3ncccc3N)c(=O)[nH]2)cnc1OC. The number of aromatic amines is 1. The second-order valence-electron chi connectivity index (χ2n) is 4.94. The molecule has 3 N–H and O–H groups in total. The number of nitrogens with zero attached hydrogens (tertiary/aromatic N) is 4. The molecule has 3 aromatic rings. The summed E-state index contributed by atoms with van der Waals surface area (Å²) in [5, 5.41) is 4.24. The molecule has 0 bridgehead atoms. The first-order valence-corrected chi connectivity index (χ1v) is 7.08. The van der Waals surface area contributed by atoms with Gasteiger partial charge < -0.3 is 15.2 Å². The van der Waals surface area contributed by atoms with Crippen LogP contribution in [0.2, 0.25) is 0 Å². The lowest BCUT2D eigenvalue weighted by Crippen LogP contribution is -2.18. The van der Waals surface area contributed by atoms with Crippen molar-refractivity contribution in [2.24, 2.45) is 0 Å². The lowest BCUT2D eigenvalue weighted by atomic mass is 10.2. The predicted molar refractivity (Wildman–Crippen MR) is 86.5 cm³/mol. The van der Waals surface area contributed by atoms with E-state index in [-0.39, 0.29) is 5.82 Å². The predicted octanol–water partition coefficient (Wildman–Crippen LogP) is 0.541. The fraction of sp³-hybridized carbons (Fsp3) is 0.200. The van der Waals surface area contributed by atoms with Crippen LogP contribution in [0.4, 0.5) is 5.69 Å². The summed E-state index contributed by atoms with van der Waals surface area (Å²) in [6, 6.07) is 5.12. The highest BCUT2D eigenvalue weighted by Gasteiger charge is 2.13. The third kappa shape index (κ3) is 2.91. The number of nitrogens with one attached hydrogen (secondary N) is 1. The van der Waals surface area contributed by atoms with Crippen molar-refractivity contribution < 1.29 is 9.47 Å². The van der Waals surface area contributed by atoms with Crippen molar-refractivity contribution in [3.8, 4) is 17.4 Å². The Hall–Kier alpha value is -3.36. The van der Waals surface area contributed by atoms with Crippen LogP contribution in [0.15, 0.2) is 35.4 Å². The number of rotatable bonds is 5. The molecule has 0 aromatic carbocycles. The summed E-state index contributed by atoms with van der Waals surface area (Å²) >= 11 is 0. The summed E-state index contributed by atoms with van der Waals surface area (Å²) in [5.41, 5.74) is 6.60. The average molecular weight is 328 g/mol. The number of aromatic nitrogens is 5. The summed E-state index contributed by atoms with van der Waals surface area (Å²) in [4.78, 5) is 23.0. The first-order chi connectivity index (χ1) is 11.6. The van der Waals surface area contributed by atoms with Gasteiger partial charge >= 0.3 is 5.69 Å². The quantitative estimate of drug-likeness (QED) is 0.701. The standard InChI is InChI=1S/C15H16N6O3/c1-23-11-6-9(8-18-14(11)24-2)7-12-19-15(22)21(20-12)13-10(16)4-3-5-17-13/h3-6,8H,7,16H2,1-2H3,(H,19,20,22). The Labute approximate surface area is 137 Å².